The minimum Gasteiger partial charge on any atom is -0.259 e. The van der Waals surface area contributed by atoms with Crippen molar-refractivity contribution in [2.75, 3.05) is 17.6 Å². The molecule has 0 fully saturated rings. The second kappa shape index (κ2) is 3.06. The van der Waals surface area contributed by atoms with Gasteiger partial charge in [-0.2, -0.15) is 0 Å². The van der Waals surface area contributed by atoms with Crippen molar-refractivity contribution in [2.45, 2.75) is 0 Å². The van der Waals surface area contributed by atoms with E-state index < -0.39 is 10.0 Å². The lowest BCUT2D eigenvalue weighted by Gasteiger charge is -2.13. The van der Waals surface area contributed by atoms with Crippen molar-refractivity contribution < 1.29 is 9.79 Å². The van der Waals surface area contributed by atoms with E-state index >= 15 is 0 Å². The third kappa shape index (κ3) is 1.91. The SMILES string of the molecule is [2H]c1nccnc1N(C)S(C)(=O)=O. The van der Waals surface area contributed by atoms with Gasteiger partial charge in [0.25, 0.3) is 0 Å². The van der Waals surface area contributed by atoms with Gasteiger partial charge in [-0.25, -0.2) is 13.4 Å². The van der Waals surface area contributed by atoms with E-state index in [1.54, 1.807) is 0 Å². The average Bonchev–Trinajstić information content (AvgIpc) is 2.02. The maximum atomic E-state index is 11.1. The lowest BCUT2D eigenvalue weighted by atomic mass is 10.7. The molecular formula is C6H9N3O2S. The highest BCUT2D eigenvalue weighted by Gasteiger charge is 2.11. The molecular weight excluding hydrogens is 178 g/mol. The van der Waals surface area contributed by atoms with E-state index in [1.165, 1.54) is 19.4 Å². The maximum absolute atomic E-state index is 11.1. The number of nitrogens with zero attached hydrogens (tertiary/aromatic N) is 3. The monoisotopic (exact) mass is 188 g/mol. The third-order valence-corrected chi connectivity index (χ3v) is 2.47. The highest BCUT2D eigenvalue weighted by Crippen LogP contribution is 2.07. The first kappa shape index (κ1) is 7.48. The largest absolute Gasteiger partial charge is 0.259 e. The van der Waals surface area contributed by atoms with E-state index in [1.807, 2.05) is 0 Å². The summed E-state index contributed by atoms with van der Waals surface area (Å²) in [6.07, 6.45) is 3.56. The highest BCUT2D eigenvalue weighted by molar-refractivity contribution is 7.92. The first-order chi connectivity index (χ1) is 5.93. The second-order valence-electron chi connectivity index (χ2n) is 2.22. The molecule has 1 rings (SSSR count). The summed E-state index contributed by atoms with van der Waals surface area (Å²) >= 11 is 0. The zero-order valence-electron chi connectivity index (χ0n) is 7.72. The van der Waals surface area contributed by atoms with Crippen molar-refractivity contribution in [1.29, 1.82) is 0 Å². The Labute approximate surface area is 72.5 Å². The number of hydrogen-bond donors (Lipinski definition) is 0. The Morgan fingerprint density at radius 1 is 1.58 bits per heavy atom. The van der Waals surface area contributed by atoms with Crippen LogP contribution in [-0.4, -0.2) is 31.7 Å². The number of aromatic nitrogens is 2. The van der Waals surface area contributed by atoms with E-state index in [2.05, 4.69) is 9.97 Å². The van der Waals surface area contributed by atoms with Gasteiger partial charge in [-0.1, -0.05) is 0 Å². The maximum Gasteiger partial charge on any atom is 0.233 e. The lowest BCUT2D eigenvalue weighted by Crippen LogP contribution is -2.25. The zero-order chi connectivity index (χ0) is 10.1. The summed E-state index contributed by atoms with van der Waals surface area (Å²) in [6.45, 7) is 0. The van der Waals surface area contributed by atoms with Crippen molar-refractivity contribution in [2.24, 2.45) is 0 Å². The molecule has 12 heavy (non-hydrogen) atoms. The van der Waals surface area contributed by atoms with Crippen LogP contribution in [0, 0.1) is 0 Å². The number of hydrogen-bond acceptors (Lipinski definition) is 4. The minimum atomic E-state index is -3.37. The van der Waals surface area contributed by atoms with Crippen LogP contribution in [0.3, 0.4) is 0 Å². The third-order valence-electron chi connectivity index (χ3n) is 1.30. The van der Waals surface area contributed by atoms with E-state index in [-0.39, 0.29) is 12.0 Å². The molecule has 0 saturated carbocycles. The van der Waals surface area contributed by atoms with Gasteiger partial charge in [0.05, 0.1) is 13.8 Å². The molecule has 1 aromatic heterocycles. The van der Waals surface area contributed by atoms with Crippen LogP contribution < -0.4 is 4.31 Å². The summed E-state index contributed by atoms with van der Waals surface area (Å²) in [5.74, 6) is 0.0324. The van der Waals surface area contributed by atoms with Crippen LogP contribution in [0.15, 0.2) is 18.6 Å². The molecule has 0 aliphatic rings. The summed E-state index contributed by atoms with van der Waals surface area (Å²) < 4.78 is 30.3. The Kier molecular flexibility index (Phi) is 1.91. The standard InChI is InChI=1S/C6H9N3O2S/c1-9(12(2,10)11)6-5-7-3-4-8-6/h3-5H,1-2H3/i5D. The molecule has 0 aliphatic carbocycles. The average molecular weight is 188 g/mol. The molecule has 0 saturated heterocycles. The fraction of sp³-hybridized carbons (Fsp3) is 0.333. The lowest BCUT2D eigenvalue weighted by molar-refractivity contribution is 0.599. The first-order valence-electron chi connectivity index (χ1n) is 3.64. The molecule has 1 aromatic rings. The summed E-state index contributed by atoms with van der Waals surface area (Å²) in [7, 11) is -2.04. The minimum absolute atomic E-state index is 0.0324. The second-order valence-corrected chi connectivity index (χ2v) is 4.24. The molecule has 0 N–H and O–H groups in total. The predicted molar refractivity (Wildman–Crippen MR) is 45.3 cm³/mol. The van der Waals surface area contributed by atoms with Gasteiger partial charge in [0.15, 0.2) is 5.82 Å². The molecule has 0 unspecified atom stereocenters. The van der Waals surface area contributed by atoms with Gasteiger partial charge in [-0.15, -0.1) is 0 Å². The Morgan fingerprint density at radius 2 is 2.25 bits per heavy atom. The number of rotatable bonds is 2. The molecule has 66 valence electrons. The smallest absolute Gasteiger partial charge is 0.233 e. The Bertz CT molecular complexity index is 406. The van der Waals surface area contributed by atoms with Crippen LogP contribution in [0.5, 0.6) is 0 Å². The molecule has 0 bridgehead atoms. The molecule has 0 spiro atoms. The fourth-order valence-corrected chi connectivity index (χ4v) is 0.972. The van der Waals surface area contributed by atoms with Gasteiger partial charge >= 0.3 is 0 Å². The van der Waals surface area contributed by atoms with Crippen LogP contribution in [0.1, 0.15) is 1.37 Å². The van der Waals surface area contributed by atoms with Crippen molar-refractivity contribution in [1.82, 2.24) is 9.97 Å². The summed E-state index contributed by atoms with van der Waals surface area (Å²) in [5.41, 5.74) is 0. The predicted octanol–water partition coefficient (Wildman–Crippen LogP) is -0.128. The van der Waals surface area contributed by atoms with Gasteiger partial charge in [0.2, 0.25) is 10.0 Å². The first-order valence-corrected chi connectivity index (χ1v) is 4.99. The van der Waals surface area contributed by atoms with Gasteiger partial charge in [-0.05, 0) is 0 Å². The molecule has 1 heterocycles. The topological polar surface area (TPSA) is 63.2 Å². The fourth-order valence-electron chi connectivity index (χ4n) is 0.570. The highest BCUT2D eigenvalue weighted by atomic mass is 32.2. The molecule has 0 aliphatic heterocycles. The van der Waals surface area contributed by atoms with E-state index in [0.717, 1.165) is 10.6 Å². The molecule has 0 aromatic carbocycles. The summed E-state index contributed by atoms with van der Waals surface area (Å²) in [4.78, 5) is 7.35. The van der Waals surface area contributed by atoms with Crippen LogP contribution in [-0.2, 0) is 10.0 Å². The van der Waals surface area contributed by atoms with Crippen LogP contribution >= 0.6 is 0 Å². The quantitative estimate of drug-likeness (QED) is 0.648. The van der Waals surface area contributed by atoms with Crippen LogP contribution in [0.2, 0.25) is 0 Å². The number of anilines is 1. The van der Waals surface area contributed by atoms with Gasteiger partial charge in [0, 0.05) is 19.4 Å². The molecule has 0 atom stereocenters. The van der Waals surface area contributed by atoms with Gasteiger partial charge in [0.1, 0.15) is 0 Å². The molecule has 5 nitrogen and oxygen atoms in total. The van der Waals surface area contributed by atoms with Crippen molar-refractivity contribution in [3.63, 3.8) is 0 Å². The number of sulfonamides is 1. The van der Waals surface area contributed by atoms with Crippen molar-refractivity contribution in [3.8, 4) is 0 Å². The molecule has 0 radical (unpaired) electrons. The van der Waals surface area contributed by atoms with E-state index in [9.17, 15) is 8.42 Å². The van der Waals surface area contributed by atoms with Crippen LogP contribution in [0.25, 0.3) is 0 Å². The van der Waals surface area contributed by atoms with E-state index in [0.29, 0.717) is 0 Å². The summed E-state index contributed by atoms with van der Waals surface area (Å²) in [5, 5.41) is 0. The normalized spacial score (nSPS) is 12.3. The van der Waals surface area contributed by atoms with Gasteiger partial charge < -0.3 is 0 Å². The van der Waals surface area contributed by atoms with Gasteiger partial charge in [-0.3, -0.25) is 9.29 Å². The summed E-state index contributed by atoms with van der Waals surface area (Å²) in [6, 6.07) is 0. The van der Waals surface area contributed by atoms with Crippen LogP contribution in [0.4, 0.5) is 5.82 Å². The van der Waals surface area contributed by atoms with E-state index in [4.69, 9.17) is 1.37 Å². The Morgan fingerprint density at radius 3 is 2.75 bits per heavy atom. The molecule has 6 heteroatoms. The Hall–Kier alpha value is -1.17. The molecule has 0 amide bonds. The Balaban J connectivity index is 3.17. The van der Waals surface area contributed by atoms with Crippen molar-refractivity contribution >= 4 is 15.8 Å². The van der Waals surface area contributed by atoms with Crippen molar-refractivity contribution in [3.05, 3.63) is 18.6 Å². The zero-order valence-corrected chi connectivity index (χ0v) is 7.54.